The Labute approximate surface area is 113 Å². The summed E-state index contributed by atoms with van der Waals surface area (Å²) < 4.78 is 10.6. The van der Waals surface area contributed by atoms with Gasteiger partial charge < -0.3 is 14.6 Å². The van der Waals surface area contributed by atoms with Crippen molar-refractivity contribution in [3.05, 3.63) is 12.2 Å². The second kappa shape index (κ2) is 7.91. The molecule has 6 heteroatoms. The van der Waals surface area contributed by atoms with Gasteiger partial charge in [0.2, 0.25) is 0 Å². The molecule has 0 amide bonds. The summed E-state index contributed by atoms with van der Waals surface area (Å²) in [5, 5.41) is 8.45. The molecule has 6 nitrogen and oxygen atoms in total. The third kappa shape index (κ3) is 5.40. The summed E-state index contributed by atoms with van der Waals surface area (Å²) in [6.07, 6.45) is 2.17. The van der Waals surface area contributed by atoms with Crippen LogP contribution in [0.3, 0.4) is 0 Å². The highest BCUT2D eigenvalue weighted by atomic mass is 16.5. The molecular formula is C13H21NO5. The Morgan fingerprint density at radius 1 is 1.37 bits per heavy atom. The topological polar surface area (TPSA) is 76.1 Å². The molecule has 0 aromatic carbocycles. The van der Waals surface area contributed by atoms with Crippen molar-refractivity contribution in [3.63, 3.8) is 0 Å². The number of morpholine rings is 1. The molecule has 0 bridgehead atoms. The summed E-state index contributed by atoms with van der Waals surface area (Å²) in [5.41, 5.74) is 0. The van der Waals surface area contributed by atoms with Gasteiger partial charge in [-0.2, -0.15) is 0 Å². The van der Waals surface area contributed by atoms with Crippen molar-refractivity contribution >= 4 is 11.9 Å². The van der Waals surface area contributed by atoms with Crippen LogP contribution in [-0.2, 0) is 19.1 Å². The number of rotatable bonds is 6. The van der Waals surface area contributed by atoms with Crippen LogP contribution in [0.2, 0.25) is 0 Å². The first-order valence-electron chi connectivity index (χ1n) is 6.48. The van der Waals surface area contributed by atoms with Crippen molar-refractivity contribution < 1.29 is 24.2 Å². The van der Waals surface area contributed by atoms with E-state index in [1.165, 1.54) is 0 Å². The molecule has 1 fully saturated rings. The van der Waals surface area contributed by atoms with Crippen molar-refractivity contribution in [1.29, 1.82) is 0 Å². The molecule has 0 aliphatic carbocycles. The SMILES string of the molecule is CCC(OC(=O)C=CC(=O)O)C(C)N1CCOCC1. The lowest BCUT2D eigenvalue weighted by Gasteiger charge is -2.36. The first kappa shape index (κ1) is 15.7. The summed E-state index contributed by atoms with van der Waals surface area (Å²) in [6, 6.07) is 0.0936. The molecule has 0 spiro atoms. The number of aliphatic carboxylic acids is 1. The average molecular weight is 271 g/mol. The molecule has 2 atom stereocenters. The third-order valence-electron chi connectivity index (χ3n) is 3.19. The predicted molar refractivity (Wildman–Crippen MR) is 68.8 cm³/mol. The van der Waals surface area contributed by atoms with Crippen LogP contribution in [0.1, 0.15) is 20.3 Å². The Morgan fingerprint density at radius 3 is 2.53 bits per heavy atom. The van der Waals surface area contributed by atoms with E-state index in [9.17, 15) is 9.59 Å². The van der Waals surface area contributed by atoms with Gasteiger partial charge in [0.05, 0.1) is 13.2 Å². The van der Waals surface area contributed by atoms with E-state index in [-0.39, 0.29) is 12.1 Å². The average Bonchev–Trinajstić information content (AvgIpc) is 2.42. The molecule has 1 N–H and O–H groups in total. The maximum absolute atomic E-state index is 11.5. The van der Waals surface area contributed by atoms with E-state index in [1.807, 2.05) is 13.8 Å². The molecule has 1 rings (SSSR count). The Bertz CT molecular complexity index is 336. The van der Waals surface area contributed by atoms with Gasteiger partial charge in [-0.05, 0) is 13.3 Å². The van der Waals surface area contributed by atoms with Gasteiger partial charge in [-0.3, -0.25) is 4.90 Å². The molecule has 0 radical (unpaired) electrons. The molecule has 0 saturated carbocycles. The number of hydrogen-bond acceptors (Lipinski definition) is 5. The number of ether oxygens (including phenoxy) is 2. The van der Waals surface area contributed by atoms with Gasteiger partial charge in [-0.25, -0.2) is 9.59 Å². The highest BCUT2D eigenvalue weighted by Crippen LogP contribution is 2.13. The Morgan fingerprint density at radius 2 is 2.00 bits per heavy atom. The van der Waals surface area contributed by atoms with E-state index in [0.29, 0.717) is 19.6 Å². The van der Waals surface area contributed by atoms with E-state index in [4.69, 9.17) is 14.6 Å². The zero-order valence-corrected chi connectivity index (χ0v) is 11.4. The van der Waals surface area contributed by atoms with Crippen LogP contribution >= 0.6 is 0 Å². The van der Waals surface area contributed by atoms with E-state index in [0.717, 1.165) is 25.2 Å². The summed E-state index contributed by atoms with van der Waals surface area (Å²) >= 11 is 0. The molecule has 1 saturated heterocycles. The minimum absolute atomic E-state index is 0.0936. The molecule has 0 aromatic rings. The monoisotopic (exact) mass is 271 g/mol. The predicted octanol–water partition coefficient (Wildman–Crippen LogP) is 0.670. The molecule has 108 valence electrons. The largest absolute Gasteiger partial charge is 0.478 e. The fourth-order valence-corrected chi connectivity index (χ4v) is 2.07. The number of esters is 1. The minimum Gasteiger partial charge on any atom is -0.478 e. The third-order valence-corrected chi connectivity index (χ3v) is 3.19. The number of carboxylic acids is 1. The van der Waals surface area contributed by atoms with Crippen molar-refractivity contribution in [1.82, 2.24) is 4.90 Å². The van der Waals surface area contributed by atoms with Crippen molar-refractivity contribution in [2.45, 2.75) is 32.4 Å². The molecule has 19 heavy (non-hydrogen) atoms. The first-order valence-corrected chi connectivity index (χ1v) is 6.48. The molecule has 1 aliphatic rings. The number of nitrogens with zero attached hydrogens (tertiary/aromatic N) is 1. The first-order chi connectivity index (χ1) is 9.04. The highest BCUT2D eigenvalue weighted by molar-refractivity contribution is 5.90. The summed E-state index contributed by atoms with van der Waals surface area (Å²) in [4.78, 5) is 24.0. The fourth-order valence-electron chi connectivity index (χ4n) is 2.07. The van der Waals surface area contributed by atoms with Crippen LogP contribution in [0.15, 0.2) is 12.2 Å². The number of carbonyl (C=O) groups excluding carboxylic acids is 1. The van der Waals surface area contributed by atoms with Crippen molar-refractivity contribution in [2.24, 2.45) is 0 Å². The lowest BCUT2D eigenvalue weighted by atomic mass is 10.1. The number of hydrogen-bond donors (Lipinski definition) is 1. The standard InChI is InChI=1S/C13H21NO5/c1-3-11(19-13(17)5-4-12(15)16)10(2)14-6-8-18-9-7-14/h4-5,10-11H,3,6-9H2,1-2H3,(H,15,16). The normalized spacial score (nSPS) is 20.1. The maximum atomic E-state index is 11.5. The zero-order chi connectivity index (χ0) is 14.3. The Hall–Kier alpha value is -1.40. The van der Waals surface area contributed by atoms with E-state index < -0.39 is 11.9 Å². The van der Waals surface area contributed by atoms with Gasteiger partial charge in [0.15, 0.2) is 0 Å². The Kier molecular flexibility index (Phi) is 6.52. The van der Waals surface area contributed by atoms with Crippen LogP contribution < -0.4 is 0 Å². The lowest BCUT2D eigenvalue weighted by Crippen LogP contribution is -2.48. The van der Waals surface area contributed by atoms with Gasteiger partial charge in [0, 0.05) is 31.3 Å². The van der Waals surface area contributed by atoms with Gasteiger partial charge in [-0.1, -0.05) is 6.92 Å². The van der Waals surface area contributed by atoms with Crippen LogP contribution in [0.25, 0.3) is 0 Å². The van der Waals surface area contributed by atoms with Gasteiger partial charge in [0.1, 0.15) is 6.10 Å². The van der Waals surface area contributed by atoms with Crippen LogP contribution in [-0.4, -0.2) is 60.4 Å². The van der Waals surface area contributed by atoms with E-state index in [1.54, 1.807) is 0 Å². The van der Waals surface area contributed by atoms with Crippen molar-refractivity contribution in [3.8, 4) is 0 Å². The quantitative estimate of drug-likeness (QED) is 0.565. The molecule has 1 heterocycles. The van der Waals surface area contributed by atoms with Crippen molar-refractivity contribution in [2.75, 3.05) is 26.3 Å². The second-order valence-electron chi connectivity index (χ2n) is 4.44. The lowest BCUT2D eigenvalue weighted by molar-refractivity contribution is -0.148. The van der Waals surface area contributed by atoms with Crippen LogP contribution in [0, 0.1) is 0 Å². The van der Waals surface area contributed by atoms with Crippen LogP contribution in [0.4, 0.5) is 0 Å². The highest BCUT2D eigenvalue weighted by Gasteiger charge is 2.26. The summed E-state index contributed by atoms with van der Waals surface area (Å²) in [7, 11) is 0. The summed E-state index contributed by atoms with van der Waals surface area (Å²) in [6.45, 7) is 6.96. The van der Waals surface area contributed by atoms with E-state index in [2.05, 4.69) is 4.90 Å². The fraction of sp³-hybridized carbons (Fsp3) is 0.692. The molecule has 0 aromatic heterocycles. The second-order valence-corrected chi connectivity index (χ2v) is 4.44. The minimum atomic E-state index is -1.16. The maximum Gasteiger partial charge on any atom is 0.331 e. The van der Waals surface area contributed by atoms with Crippen LogP contribution in [0.5, 0.6) is 0 Å². The number of carboxylic acid groups (broad SMARTS) is 1. The molecule has 2 unspecified atom stereocenters. The number of carbonyl (C=O) groups is 2. The van der Waals surface area contributed by atoms with Gasteiger partial charge in [-0.15, -0.1) is 0 Å². The zero-order valence-electron chi connectivity index (χ0n) is 11.4. The Balaban J connectivity index is 2.51. The summed E-state index contributed by atoms with van der Waals surface area (Å²) in [5.74, 6) is -1.78. The smallest absolute Gasteiger partial charge is 0.331 e. The van der Waals surface area contributed by atoms with Gasteiger partial charge >= 0.3 is 11.9 Å². The molecular weight excluding hydrogens is 250 g/mol. The van der Waals surface area contributed by atoms with Gasteiger partial charge in [0.25, 0.3) is 0 Å². The molecule has 1 aliphatic heterocycles. The van der Waals surface area contributed by atoms with E-state index >= 15 is 0 Å².